The maximum absolute atomic E-state index is 6.08. The van der Waals surface area contributed by atoms with Gasteiger partial charge in [0.2, 0.25) is 0 Å². The zero-order valence-corrected chi connectivity index (χ0v) is 24.0. The first kappa shape index (κ1) is 28.4. The van der Waals surface area contributed by atoms with Crippen LogP contribution in [-0.4, -0.2) is 13.2 Å². The van der Waals surface area contributed by atoms with E-state index in [1.165, 1.54) is 107 Å². The summed E-state index contributed by atoms with van der Waals surface area (Å²) >= 11 is 0. The van der Waals surface area contributed by atoms with Crippen molar-refractivity contribution in [3.8, 4) is 11.1 Å². The Morgan fingerprint density at radius 3 is 1.92 bits per heavy atom. The van der Waals surface area contributed by atoms with Crippen molar-refractivity contribution >= 4 is 0 Å². The molecule has 2 heteroatoms. The molecule has 2 aromatic carbocycles. The van der Waals surface area contributed by atoms with Crippen LogP contribution in [-0.2, 0) is 9.47 Å². The third-order valence-electron chi connectivity index (χ3n) is 8.96. The molecule has 0 unspecified atom stereocenters. The first-order valence-electron chi connectivity index (χ1n) is 15.6. The van der Waals surface area contributed by atoms with E-state index < -0.39 is 0 Å². The first-order valence-corrected chi connectivity index (χ1v) is 15.6. The summed E-state index contributed by atoms with van der Waals surface area (Å²) in [6.45, 7) is 8.47. The Morgan fingerprint density at radius 2 is 1.24 bits per heavy atom. The zero-order valence-electron chi connectivity index (χ0n) is 24.0. The number of unbranched alkanes of at least 4 members (excludes halogenated alkanes) is 6. The topological polar surface area (TPSA) is 18.5 Å². The van der Waals surface area contributed by atoms with E-state index >= 15 is 0 Å². The van der Waals surface area contributed by atoms with Crippen molar-refractivity contribution < 1.29 is 9.47 Å². The molecule has 1 saturated carbocycles. The van der Waals surface area contributed by atoms with Crippen molar-refractivity contribution in [2.45, 2.75) is 123 Å². The van der Waals surface area contributed by atoms with Crippen LogP contribution in [0.15, 0.2) is 42.5 Å². The highest BCUT2D eigenvalue weighted by Gasteiger charge is 2.24. The van der Waals surface area contributed by atoms with Crippen LogP contribution in [0.1, 0.15) is 133 Å². The molecule has 1 aliphatic carbocycles. The van der Waals surface area contributed by atoms with Crippen molar-refractivity contribution in [1.29, 1.82) is 0 Å². The summed E-state index contributed by atoms with van der Waals surface area (Å²) < 4.78 is 12.2. The molecule has 0 amide bonds. The minimum Gasteiger partial charge on any atom is -0.348 e. The van der Waals surface area contributed by atoms with Gasteiger partial charge in [-0.2, -0.15) is 0 Å². The second-order valence-corrected chi connectivity index (χ2v) is 12.0. The van der Waals surface area contributed by atoms with Crippen LogP contribution in [0.5, 0.6) is 0 Å². The smallest absolute Gasteiger partial charge is 0.183 e. The second-order valence-electron chi connectivity index (χ2n) is 12.0. The molecule has 4 rings (SSSR count). The normalized spacial score (nSPS) is 24.3. The number of benzene rings is 2. The molecule has 204 valence electrons. The van der Waals surface area contributed by atoms with Gasteiger partial charge in [-0.1, -0.05) is 114 Å². The van der Waals surface area contributed by atoms with E-state index in [0.717, 1.165) is 30.6 Å². The van der Waals surface area contributed by atoms with Crippen LogP contribution in [0, 0.1) is 18.8 Å². The second kappa shape index (κ2) is 15.1. The van der Waals surface area contributed by atoms with E-state index in [9.17, 15) is 0 Å². The lowest BCUT2D eigenvalue weighted by Gasteiger charge is -2.30. The Morgan fingerprint density at radius 1 is 0.649 bits per heavy atom. The Bertz CT molecular complexity index is 901. The van der Waals surface area contributed by atoms with E-state index in [0.29, 0.717) is 5.92 Å². The predicted molar refractivity (Wildman–Crippen MR) is 157 cm³/mol. The predicted octanol–water partition coefficient (Wildman–Crippen LogP) is 10.5. The average Bonchev–Trinajstić information content (AvgIpc) is 2.94. The minimum absolute atomic E-state index is 0.216. The molecule has 0 aromatic heterocycles. The Balaban J connectivity index is 1.26. The fourth-order valence-electron chi connectivity index (χ4n) is 6.49. The molecule has 2 aliphatic rings. The van der Waals surface area contributed by atoms with E-state index in [-0.39, 0.29) is 6.29 Å². The lowest BCUT2D eigenvalue weighted by Crippen LogP contribution is -2.27. The van der Waals surface area contributed by atoms with Gasteiger partial charge in [-0.25, -0.2) is 0 Å². The van der Waals surface area contributed by atoms with Crippen molar-refractivity contribution in [2.75, 3.05) is 13.2 Å². The number of aryl methyl sites for hydroxylation is 1. The molecule has 1 heterocycles. The number of ether oxygens (including phenoxy) is 2. The van der Waals surface area contributed by atoms with Crippen LogP contribution in [0.3, 0.4) is 0 Å². The van der Waals surface area contributed by atoms with Crippen molar-refractivity contribution in [3.05, 3.63) is 59.2 Å². The lowest BCUT2D eigenvalue weighted by atomic mass is 9.76. The molecular formula is C35H52O2. The molecule has 37 heavy (non-hydrogen) atoms. The summed E-state index contributed by atoms with van der Waals surface area (Å²) in [5, 5.41) is 0. The van der Waals surface area contributed by atoms with Gasteiger partial charge in [0, 0.05) is 11.5 Å². The van der Waals surface area contributed by atoms with Crippen molar-refractivity contribution in [3.63, 3.8) is 0 Å². The highest BCUT2D eigenvalue weighted by Crippen LogP contribution is 2.39. The number of hydrogen-bond donors (Lipinski definition) is 0. The van der Waals surface area contributed by atoms with E-state index in [1.54, 1.807) is 5.56 Å². The largest absolute Gasteiger partial charge is 0.348 e. The van der Waals surface area contributed by atoms with Crippen LogP contribution in [0.4, 0.5) is 0 Å². The van der Waals surface area contributed by atoms with Crippen molar-refractivity contribution in [2.24, 2.45) is 11.8 Å². The standard InChI is InChI=1S/C35H52O2/c1-4-6-8-9-11-12-28-14-16-30(17-15-28)33-22-23-34(27(3)24-33)31-18-20-32(21-19-31)35-36-25-29(26-37-35)13-10-7-5-2/h18-24,28-30,35H,4-17,25-26H2,1-3H3/t28?,29-,30?,35-. The third kappa shape index (κ3) is 8.42. The van der Waals surface area contributed by atoms with Crippen LogP contribution in [0.2, 0.25) is 0 Å². The van der Waals surface area contributed by atoms with E-state index in [1.807, 2.05) is 0 Å². The van der Waals surface area contributed by atoms with E-state index in [4.69, 9.17) is 9.47 Å². The summed E-state index contributed by atoms with van der Waals surface area (Å²) in [4.78, 5) is 0. The Kier molecular flexibility index (Phi) is 11.6. The molecule has 0 radical (unpaired) electrons. The zero-order chi connectivity index (χ0) is 25.9. The summed E-state index contributed by atoms with van der Waals surface area (Å²) in [6.07, 6.45) is 19.0. The van der Waals surface area contributed by atoms with Gasteiger partial charge in [-0.05, 0) is 73.1 Å². The monoisotopic (exact) mass is 504 g/mol. The maximum atomic E-state index is 6.08. The molecule has 0 bridgehead atoms. The Hall–Kier alpha value is -1.64. The molecule has 2 aromatic rings. The molecule has 2 fully saturated rings. The van der Waals surface area contributed by atoms with Gasteiger partial charge in [0.25, 0.3) is 0 Å². The molecule has 2 nitrogen and oxygen atoms in total. The fourth-order valence-corrected chi connectivity index (χ4v) is 6.49. The lowest BCUT2D eigenvalue weighted by molar-refractivity contribution is -0.206. The van der Waals surface area contributed by atoms with Crippen LogP contribution in [0.25, 0.3) is 11.1 Å². The number of hydrogen-bond acceptors (Lipinski definition) is 2. The quantitative estimate of drug-likeness (QED) is 0.253. The van der Waals surface area contributed by atoms with Crippen LogP contribution >= 0.6 is 0 Å². The van der Waals surface area contributed by atoms with Gasteiger partial charge in [-0.3, -0.25) is 0 Å². The van der Waals surface area contributed by atoms with Crippen molar-refractivity contribution in [1.82, 2.24) is 0 Å². The molecule has 0 atom stereocenters. The molecule has 0 spiro atoms. The molecule has 1 saturated heterocycles. The summed E-state index contributed by atoms with van der Waals surface area (Å²) in [7, 11) is 0. The SMILES string of the molecule is CCCCCCCC1CCC(c2ccc(-c3ccc([C@H]4OC[C@H](CCCCC)CO4)cc3)c(C)c2)CC1. The summed E-state index contributed by atoms with van der Waals surface area (Å²) in [6, 6.07) is 16.1. The fraction of sp³-hybridized carbons (Fsp3) is 0.657. The molecule has 0 N–H and O–H groups in total. The minimum atomic E-state index is -0.216. The first-order chi connectivity index (χ1) is 18.2. The Labute approximate surface area is 227 Å². The third-order valence-corrected chi connectivity index (χ3v) is 8.96. The van der Waals surface area contributed by atoms with Gasteiger partial charge in [0.05, 0.1) is 13.2 Å². The molecular weight excluding hydrogens is 452 g/mol. The summed E-state index contributed by atoms with van der Waals surface area (Å²) in [5.41, 5.74) is 6.71. The van der Waals surface area contributed by atoms with Crippen LogP contribution < -0.4 is 0 Å². The van der Waals surface area contributed by atoms with Gasteiger partial charge in [0.1, 0.15) is 0 Å². The highest BCUT2D eigenvalue weighted by molar-refractivity contribution is 5.68. The van der Waals surface area contributed by atoms with Gasteiger partial charge in [0.15, 0.2) is 6.29 Å². The molecule has 1 aliphatic heterocycles. The van der Waals surface area contributed by atoms with Gasteiger partial charge < -0.3 is 9.47 Å². The highest BCUT2D eigenvalue weighted by atomic mass is 16.7. The average molecular weight is 505 g/mol. The number of rotatable bonds is 13. The van der Waals surface area contributed by atoms with Gasteiger partial charge >= 0.3 is 0 Å². The van der Waals surface area contributed by atoms with E-state index in [2.05, 4.69) is 63.2 Å². The maximum Gasteiger partial charge on any atom is 0.183 e. The van der Waals surface area contributed by atoms with Gasteiger partial charge in [-0.15, -0.1) is 0 Å². The summed E-state index contributed by atoms with van der Waals surface area (Å²) in [5.74, 6) is 2.27.